The Labute approximate surface area is 147 Å². The summed E-state index contributed by atoms with van der Waals surface area (Å²) < 4.78 is 7.97. The monoisotopic (exact) mass is 335 g/mol. The van der Waals surface area contributed by atoms with Crippen molar-refractivity contribution in [2.45, 2.75) is 46.1 Å². The standard InChI is InChI=1S/C19H21N5O/c1-12(18-21-11-16(25-18)19(3,4)5)24-13(2)22-23-17(24)15-8-6-7-14(9-15)10-20/h6-9,11-12H,1-5H3. The normalized spacial score (nSPS) is 12.8. The van der Waals surface area contributed by atoms with Gasteiger partial charge in [-0.2, -0.15) is 5.26 Å². The van der Waals surface area contributed by atoms with Crippen LogP contribution in [0.25, 0.3) is 11.4 Å². The molecule has 6 nitrogen and oxygen atoms in total. The number of hydrogen-bond donors (Lipinski definition) is 0. The number of rotatable bonds is 3. The zero-order valence-corrected chi connectivity index (χ0v) is 15.1. The first-order chi connectivity index (χ1) is 11.8. The van der Waals surface area contributed by atoms with E-state index in [2.05, 4.69) is 42.0 Å². The van der Waals surface area contributed by atoms with E-state index >= 15 is 0 Å². The van der Waals surface area contributed by atoms with E-state index in [1.165, 1.54) is 0 Å². The second kappa shape index (κ2) is 6.17. The quantitative estimate of drug-likeness (QED) is 0.722. The molecule has 0 saturated carbocycles. The number of nitriles is 1. The van der Waals surface area contributed by atoms with Crippen LogP contribution in [0.3, 0.4) is 0 Å². The molecule has 6 heteroatoms. The molecule has 128 valence electrons. The van der Waals surface area contributed by atoms with E-state index in [0.29, 0.717) is 17.3 Å². The van der Waals surface area contributed by atoms with Crippen molar-refractivity contribution in [3.63, 3.8) is 0 Å². The molecule has 2 aromatic heterocycles. The molecule has 25 heavy (non-hydrogen) atoms. The minimum absolute atomic E-state index is 0.100. The second-order valence-corrected chi connectivity index (χ2v) is 7.12. The van der Waals surface area contributed by atoms with Crippen molar-refractivity contribution in [2.75, 3.05) is 0 Å². The first-order valence-electron chi connectivity index (χ1n) is 8.19. The first kappa shape index (κ1) is 16.9. The average molecular weight is 335 g/mol. The van der Waals surface area contributed by atoms with Gasteiger partial charge in [-0.05, 0) is 26.0 Å². The van der Waals surface area contributed by atoms with Crippen molar-refractivity contribution in [1.82, 2.24) is 19.7 Å². The van der Waals surface area contributed by atoms with E-state index in [1.807, 2.05) is 36.6 Å². The fourth-order valence-corrected chi connectivity index (χ4v) is 2.70. The van der Waals surface area contributed by atoms with Crippen LogP contribution in [-0.4, -0.2) is 19.7 Å². The van der Waals surface area contributed by atoms with Gasteiger partial charge in [-0.25, -0.2) is 4.98 Å². The molecule has 0 radical (unpaired) electrons. The van der Waals surface area contributed by atoms with Crippen molar-refractivity contribution >= 4 is 0 Å². The lowest BCUT2D eigenvalue weighted by Gasteiger charge is -2.16. The third-order valence-corrected chi connectivity index (χ3v) is 4.12. The molecular formula is C19H21N5O. The zero-order valence-electron chi connectivity index (χ0n) is 15.1. The number of oxazole rings is 1. The largest absolute Gasteiger partial charge is 0.443 e. The highest BCUT2D eigenvalue weighted by Gasteiger charge is 2.25. The molecule has 0 spiro atoms. The Morgan fingerprint density at radius 2 is 2.00 bits per heavy atom. The second-order valence-electron chi connectivity index (χ2n) is 7.12. The molecule has 1 atom stereocenters. The molecule has 1 unspecified atom stereocenters. The Balaban J connectivity index is 2.04. The van der Waals surface area contributed by atoms with Gasteiger partial charge >= 0.3 is 0 Å². The van der Waals surface area contributed by atoms with Gasteiger partial charge in [0.15, 0.2) is 5.82 Å². The van der Waals surface area contributed by atoms with E-state index in [4.69, 9.17) is 9.68 Å². The van der Waals surface area contributed by atoms with Gasteiger partial charge in [-0.1, -0.05) is 32.9 Å². The number of benzene rings is 1. The third kappa shape index (κ3) is 3.18. The highest BCUT2D eigenvalue weighted by molar-refractivity contribution is 5.58. The van der Waals surface area contributed by atoms with E-state index in [-0.39, 0.29) is 11.5 Å². The molecule has 0 aliphatic carbocycles. The van der Waals surface area contributed by atoms with E-state index < -0.39 is 0 Å². The fourth-order valence-electron chi connectivity index (χ4n) is 2.70. The van der Waals surface area contributed by atoms with Gasteiger partial charge < -0.3 is 4.42 Å². The summed E-state index contributed by atoms with van der Waals surface area (Å²) >= 11 is 0. The average Bonchev–Trinajstić information content (AvgIpc) is 3.21. The van der Waals surface area contributed by atoms with Gasteiger partial charge in [-0.3, -0.25) is 4.57 Å². The Kier molecular flexibility index (Phi) is 4.17. The lowest BCUT2D eigenvalue weighted by molar-refractivity contribution is 0.355. The van der Waals surface area contributed by atoms with Gasteiger partial charge in [0, 0.05) is 11.0 Å². The maximum atomic E-state index is 9.13. The van der Waals surface area contributed by atoms with Gasteiger partial charge in [0.25, 0.3) is 0 Å². The maximum absolute atomic E-state index is 9.13. The van der Waals surface area contributed by atoms with Crippen molar-refractivity contribution in [2.24, 2.45) is 0 Å². The molecule has 0 bridgehead atoms. The summed E-state index contributed by atoms with van der Waals surface area (Å²) in [4.78, 5) is 4.45. The van der Waals surface area contributed by atoms with E-state index in [9.17, 15) is 0 Å². The summed E-state index contributed by atoms with van der Waals surface area (Å²) in [7, 11) is 0. The predicted octanol–water partition coefficient (Wildman–Crippen LogP) is 4.02. The van der Waals surface area contributed by atoms with Gasteiger partial charge in [0.2, 0.25) is 5.89 Å². The highest BCUT2D eigenvalue weighted by atomic mass is 16.4. The van der Waals surface area contributed by atoms with Crippen LogP contribution in [0.5, 0.6) is 0 Å². The van der Waals surface area contributed by atoms with Crippen LogP contribution in [0.4, 0.5) is 0 Å². The number of hydrogen-bond acceptors (Lipinski definition) is 5. The minimum atomic E-state index is -0.160. The number of nitrogens with zero attached hydrogens (tertiary/aromatic N) is 5. The van der Waals surface area contributed by atoms with Crippen molar-refractivity contribution < 1.29 is 4.42 Å². The van der Waals surface area contributed by atoms with Crippen LogP contribution in [-0.2, 0) is 5.41 Å². The minimum Gasteiger partial charge on any atom is -0.443 e. The summed E-state index contributed by atoms with van der Waals surface area (Å²) in [6.45, 7) is 10.2. The number of aromatic nitrogens is 4. The van der Waals surface area contributed by atoms with Crippen LogP contribution in [0, 0.1) is 18.3 Å². The lowest BCUT2D eigenvalue weighted by atomic mass is 9.94. The summed E-state index contributed by atoms with van der Waals surface area (Å²) in [6, 6.07) is 9.34. The summed E-state index contributed by atoms with van der Waals surface area (Å²) in [5.41, 5.74) is 1.33. The molecular weight excluding hydrogens is 314 g/mol. The van der Waals surface area contributed by atoms with Gasteiger partial charge in [0.05, 0.1) is 17.8 Å². The van der Waals surface area contributed by atoms with Crippen LogP contribution >= 0.6 is 0 Å². The van der Waals surface area contributed by atoms with Crippen LogP contribution < -0.4 is 0 Å². The molecule has 0 N–H and O–H groups in total. The topological polar surface area (TPSA) is 80.5 Å². The van der Waals surface area contributed by atoms with E-state index in [0.717, 1.165) is 17.1 Å². The highest BCUT2D eigenvalue weighted by Crippen LogP contribution is 2.29. The fraction of sp³-hybridized carbons (Fsp3) is 0.368. The molecule has 1 aromatic carbocycles. The maximum Gasteiger partial charge on any atom is 0.217 e. The molecule has 3 rings (SSSR count). The van der Waals surface area contributed by atoms with Gasteiger partial charge in [0.1, 0.15) is 17.6 Å². The van der Waals surface area contributed by atoms with Crippen molar-refractivity contribution in [3.05, 3.63) is 53.5 Å². The molecule has 0 fully saturated rings. The third-order valence-electron chi connectivity index (χ3n) is 4.12. The predicted molar refractivity (Wildman–Crippen MR) is 93.9 cm³/mol. The van der Waals surface area contributed by atoms with Crippen LogP contribution in [0.2, 0.25) is 0 Å². The zero-order chi connectivity index (χ0) is 18.2. The number of aryl methyl sites for hydroxylation is 1. The van der Waals surface area contributed by atoms with Crippen molar-refractivity contribution in [1.29, 1.82) is 5.26 Å². The first-order valence-corrected chi connectivity index (χ1v) is 8.19. The summed E-state index contributed by atoms with van der Waals surface area (Å²) in [6.07, 6.45) is 1.78. The van der Waals surface area contributed by atoms with Gasteiger partial charge in [-0.15, -0.1) is 10.2 Å². The Hall–Kier alpha value is -2.94. The molecule has 0 saturated heterocycles. The SMILES string of the molecule is Cc1nnc(-c2cccc(C#N)c2)n1C(C)c1ncc(C(C)(C)C)o1. The Bertz CT molecular complexity index is 939. The molecule has 0 amide bonds. The summed E-state index contributed by atoms with van der Waals surface area (Å²) in [5.74, 6) is 2.91. The summed E-state index contributed by atoms with van der Waals surface area (Å²) in [5, 5.41) is 17.6. The molecule has 0 aliphatic rings. The van der Waals surface area contributed by atoms with E-state index in [1.54, 1.807) is 12.3 Å². The molecule has 3 aromatic rings. The van der Waals surface area contributed by atoms with Crippen LogP contribution in [0.1, 0.15) is 56.8 Å². The van der Waals surface area contributed by atoms with Crippen molar-refractivity contribution in [3.8, 4) is 17.5 Å². The molecule has 0 aliphatic heterocycles. The molecule has 2 heterocycles. The smallest absolute Gasteiger partial charge is 0.217 e. The van der Waals surface area contributed by atoms with Crippen LogP contribution in [0.15, 0.2) is 34.9 Å². The lowest BCUT2D eigenvalue weighted by Crippen LogP contribution is -2.12. The Morgan fingerprint density at radius 1 is 1.24 bits per heavy atom. The Morgan fingerprint density at radius 3 is 2.64 bits per heavy atom.